The van der Waals surface area contributed by atoms with Crippen molar-refractivity contribution >= 4 is 5.91 Å². The van der Waals surface area contributed by atoms with Crippen LogP contribution in [-0.4, -0.2) is 47.1 Å². The van der Waals surface area contributed by atoms with E-state index in [4.69, 9.17) is 0 Å². The predicted octanol–water partition coefficient (Wildman–Crippen LogP) is 2.59. The molecule has 2 aromatic rings. The summed E-state index contributed by atoms with van der Waals surface area (Å²) in [6.45, 7) is 5.01. The number of amides is 1. The maximum Gasteiger partial charge on any atom is 0.254 e. The van der Waals surface area contributed by atoms with Crippen molar-refractivity contribution in [1.29, 1.82) is 0 Å². The van der Waals surface area contributed by atoms with Gasteiger partial charge in [0, 0.05) is 31.4 Å². The fourth-order valence-corrected chi connectivity index (χ4v) is 4.22. The summed E-state index contributed by atoms with van der Waals surface area (Å²) in [7, 11) is 0. The van der Waals surface area contributed by atoms with Gasteiger partial charge in [0.05, 0.1) is 5.69 Å². The van der Waals surface area contributed by atoms with E-state index in [2.05, 4.69) is 16.4 Å². The highest BCUT2D eigenvalue weighted by atomic mass is 16.3. The molecule has 142 valence electrons. The molecule has 1 aromatic carbocycles. The van der Waals surface area contributed by atoms with Crippen molar-refractivity contribution in [1.82, 2.24) is 15.2 Å². The predicted molar refractivity (Wildman–Crippen MR) is 105 cm³/mol. The third-order valence-electron chi connectivity index (χ3n) is 5.96. The third-order valence-corrected chi connectivity index (χ3v) is 5.96. The van der Waals surface area contributed by atoms with Gasteiger partial charge < -0.3 is 15.3 Å². The van der Waals surface area contributed by atoms with Crippen LogP contribution in [0.2, 0.25) is 0 Å². The molecule has 3 heterocycles. The normalized spacial score (nSPS) is 22.0. The number of pyridine rings is 1. The van der Waals surface area contributed by atoms with Gasteiger partial charge in [0.25, 0.3) is 5.91 Å². The van der Waals surface area contributed by atoms with Crippen LogP contribution in [0.1, 0.15) is 52.4 Å². The SMILES string of the molecule is Cc1ccc(C2(O)CCN(C(=O)c3ccccc3C3CCNC3)CC2)nc1. The van der Waals surface area contributed by atoms with Crippen LogP contribution in [0.25, 0.3) is 0 Å². The van der Waals surface area contributed by atoms with E-state index in [1.165, 1.54) is 0 Å². The van der Waals surface area contributed by atoms with E-state index < -0.39 is 5.60 Å². The number of benzene rings is 1. The van der Waals surface area contributed by atoms with E-state index in [0.717, 1.165) is 36.2 Å². The molecule has 0 bridgehead atoms. The molecule has 1 amide bonds. The van der Waals surface area contributed by atoms with Gasteiger partial charge in [-0.3, -0.25) is 9.78 Å². The van der Waals surface area contributed by atoms with Crippen molar-refractivity contribution in [3.05, 3.63) is 65.0 Å². The summed E-state index contributed by atoms with van der Waals surface area (Å²) in [4.78, 5) is 19.5. The minimum absolute atomic E-state index is 0.0800. The molecule has 0 aliphatic carbocycles. The van der Waals surface area contributed by atoms with E-state index in [1.807, 2.05) is 42.2 Å². The summed E-state index contributed by atoms with van der Waals surface area (Å²) in [5, 5.41) is 14.4. The molecule has 2 saturated heterocycles. The lowest BCUT2D eigenvalue weighted by Crippen LogP contribution is -2.45. The molecule has 5 nitrogen and oxygen atoms in total. The first-order valence-electron chi connectivity index (χ1n) is 9.81. The van der Waals surface area contributed by atoms with Crippen molar-refractivity contribution in [3.63, 3.8) is 0 Å². The Labute approximate surface area is 160 Å². The summed E-state index contributed by atoms with van der Waals surface area (Å²) in [5.41, 5.74) is 2.79. The van der Waals surface area contributed by atoms with E-state index in [-0.39, 0.29) is 5.91 Å². The number of likely N-dealkylation sites (tertiary alicyclic amines) is 1. The van der Waals surface area contributed by atoms with Crippen molar-refractivity contribution in [3.8, 4) is 0 Å². The molecule has 1 atom stereocenters. The first-order chi connectivity index (χ1) is 13.1. The van der Waals surface area contributed by atoms with Crippen molar-refractivity contribution in [2.75, 3.05) is 26.2 Å². The van der Waals surface area contributed by atoms with Gasteiger partial charge >= 0.3 is 0 Å². The number of aromatic nitrogens is 1. The van der Waals surface area contributed by atoms with Gasteiger partial charge in [-0.25, -0.2) is 0 Å². The number of hydrogen-bond donors (Lipinski definition) is 2. The van der Waals surface area contributed by atoms with Gasteiger partial charge in [-0.05, 0) is 61.9 Å². The average Bonchev–Trinajstić information content (AvgIpc) is 3.23. The Kier molecular flexibility index (Phi) is 4.98. The Morgan fingerprint density at radius 1 is 1.22 bits per heavy atom. The Hall–Kier alpha value is -2.24. The number of carbonyl (C=O) groups is 1. The molecule has 2 aliphatic heterocycles. The lowest BCUT2D eigenvalue weighted by molar-refractivity contribution is -0.0244. The highest BCUT2D eigenvalue weighted by molar-refractivity contribution is 5.96. The minimum atomic E-state index is -0.945. The molecule has 0 spiro atoms. The zero-order valence-corrected chi connectivity index (χ0v) is 15.8. The smallest absolute Gasteiger partial charge is 0.254 e. The highest BCUT2D eigenvalue weighted by Gasteiger charge is 2.37. The van der Waals surface area contributed by atoms with Crippen LogP contribution in [0, 0.1) is 6.92 Å². The summed E-state index contributed by atoms with van der Waals surface area (Å²) >= 11 is 0. The fourth-order valence-electron chi connectivity index (χ4n) is 4.22. The quantitative estimate of drug-likeness (QED) is 0.877. The second kappa shape index (κ2) is 7.41. The van der Waals surface area contributed by atoms with Crippen LogP contribution in [0.3, 0.4) is 0 Å². The van der Waals surface area contributed by atoms with Gasteiger partial charge in [0.15, 0.2) is 0 Å². The summed E-state index contributed by atoms with van der Waals surface area (Å²) in [5.74, 6) is 0.486. The number of nitrogens with zero attached hydrogens (tertiary/aromatic N) is 2. The first-order valence-corrected chi connectivity index (χ1v) is 9.81. The largest absolute Gasteiger partial charge is 0.383 e. The van der Waals surface area contributed by atoms with Crippen LogP contribution >= 0.6 is 0 Å². The molecule has 4 rings (SSSR count). The Bertz CT molecular complexity index is 805. The molecule has 2 aliphatic rings. The molecule has 0 saturated carbocycles. The van der Waals surface area contributed by atoms with E-state index in [0.29, 0.717) is 37.5 Å². The molecule has 5 heteroatoms. The third kappa shape index (κ3) is 3.62. The standard InChI is InChI=1S/C22H27N3O2/c1-16-6-7-20(24-14-16)22(27)9-12-25(13-10-22)21(26)19-5-3-2-4-18(19)17-8-11-23-15-17/h2-7,14,17,23,27H,8-13,15H2,1H3. The number of aliphatic hydroxyl groups is 1. The average molecular weight is 365 g/mol. The number of piperidine rings is 1. The van der Waals surface area contributed by atoms with Crippen LogP contribution in [0.15, 0.2) is 42.6 Å². The topological polar surface area (TPSA) is 65.5 Å². The van der Waals surface area contributed by atoms with Crippen molar-refractivity contribution in [2.24, 2.45) is 0 Å². The van der Waals surface area contributed by atoms with E-state index in [1.54, 1.807) is 6.20 Å². The van der Waals surface area contributed by atoms with E-state index >= 15 is 0 Å². The highest BCUT2D eigenvalue weighted by Crippen LogP contribution is 2.33. The number of nitrogens with one attached hydrogen (secondary N) is 1. The summed E-state index contributed by atoms with van der Waals surface area (Å²) in [6.07, 6.45) is 3.89. The lowest BCUT2D eigenvalue weighted by Gasteiger charge is -2.38. The summed E-state index contributed by atoms with van der Waals surface area (Å²) < 4.78 is 0. The minimum Gasteiger partial charge on any atom is -0.383 e. The molecule has 27 heavy (non-hydrogen) atoms. The van der Waals surface area contributed by atoms with Gasteiger partial charge in [-0.2, -0.15) is 0 Å². The van der Waals surface area contributed by atoms with Crippen LogP contribution in [0.5, 0.6) is 0 Å². The number of hydrogen-bond acceptors (Lipinski definition) is 4. The molecular formula is C22H27N3O2. The van der Waals surface area contributed by atoms with Crippen molar-refractivity contribution < 1.29 is 9.90 Å². The van der Waals surface area contributed by atoms with Crippen LogP contribution < -0.4 is 5.32 Å². The number of carbonyl (C=O) groups excluding carboxylic acids is 1. The van der Waals surface area contributed by atoms with Gasteiger partial charge in [0.1, 0.15) is 5.60 Å². The van der Waals surface area contributed by atoms with E-state index in [9.17, 15) is 9.90 Å². The molecule has 2 N–H and O–H groups in total. The fraction of sp³-hybridized carbons (Fsp3) is 0.455. The molecule has 0 radical (unpaired) electrons. The zero-order chi connectivity index (χ0) is 18.9. The van der Waals surface area contributed by atoms with Gasteiger partial charge in [-0.15, -0.1) is 0 Å². The Morgan fingerprint density at radius 3 is 2.67 bits per heavy atom. The number of rotatable bonds is 3. The monoisotopic (exact) mass is 365 g/mol. The second-order valence-corrected chi connectivity index (χ2v) is 7.82. The maximum absolute atomic E-state index is 13.2. The second-order valence-electron chi connectivity index (χ2n) is 7.82. The van der Waals surface area contributed by atoms with Crippen LogP contribution in [0.4, 0.5) is 0 Å². The first kappa shape index (κ1) is 18.1. The molecule has 1 unspecified atom stereocenters. The molecule has 1 aromatic heterocycles. The van der Waals surface area contributed by atoms with Gasteiger partial charge in [0.2, 0.25) is 0 Å². The zero-order valence-electron chi connectivity index (χ0n) is 15.8. The Balaban J connectivity index is 1.48. The lowest BCUT2D eigenvalue weighted by atomic mass is 9.86. The van der Waals surface area contributed by atoms with Crippen molar-refractivity contribution in [2.45, 2.75) is 37.7 Å². The van der Waals surface area contributed by atoms with Crippen LogP contribution in [-0.2, 0) is 5.60 Å². The molecule has 2 fully saturated rings. The summed E-state index contributed by atoms with van der Waals surface area (Å²) in [6, 6.07) is 11.9. The molecular weight excluding hydrogens is 338 g/mol. The van der Waals surface area contributed by atoms with Gasteiger partial charge in [-0.1, -0.05) is 24.3 Å². The maximum atomic E-state index is 13.2. The number of aryl methyl sites for hydroxylation is 1. The Morgan fingerprint density at radius 2 is 2.00 bits per heavy atom.